The number of halogens is 2. The van der Waals surface area contributed by atoms with Crippen molar-refractivity contribution in [2.24, 2.45) is 0 Å². The van der Waals surface area contributed by atoms with Crippen LogP contribution in [0.4, 0.5) is 5.69 Å². The summed E-state index contributed by atoms with van der Waals surface area (Å²) >= 11 is 11.5. The Morgan fingerprint density at radius 3 is 2.53 bits per heavy atom. The molecule has 1 rings (SSSR count). The molecule has 0 saturated heterocycles. The highest BCUT2D eigenvalue weighted by Gasteiger charge is 2.22. The van der Waals surface area contributed by atoms with Gasteiger partial charge in [0.25, 0.3) is 0 Å². The van der Waals surface area contributed by atoms with Crippen molar-refractivity contribution < 1.29 is 19.4 Å². The average molecular weight is 280 g/mol. The number of nitrogens with two attached hydrogens (primary N) is 1. The van der Waals surface area contributed by atoms with Crippen molar-refractivity contribution in [3.8, 4) is 11.5 Å². The number of ether oxygens (including phenoxy) is 2. The number of alkyl halides is 1. The van der Waals surface area contributed by atoms with Gasteiger partial charge in [0.1, 0.15) is 5.56 Å². The molecular formula is C10H11Cl2NO4. The Balaban J connectivity index is 3.47. The van der Waals surface area contributed by atoms with Crippen LogP contribution < -0.4 is 15.2 Å². The van der Waals surface area contributed by atoms with Crippen LogP contribution in [0, 0.1) is 0 Å². The average Bonchev–Trinajstić information content (AvgIpc) is 2.23. The summed E-state index contributed by atoms with van der Waals surface area (Å²) in [6, 6.07) is 1.20. The van der Waals surface area contributed by atoms with Crippen LogP contribution in [0.1, 0.15) is 17.3 Å². The van der Waals surface area contributed by atoms with E-state index in [-0.39, 0.29) is 27.8 Å². The summed E-state index contributed by atoms with van der Waals surface area (Å²) in [6.45, 7) is 1.56. The van der Waals surface area contributed by atoms with Crippen LogP contribution in [-0.4, -0.2) is 23.7 Å². The smallest absolute Gasteiger partial charge is 0.339 e. The first-order valence-corrected chi connectivity index (χ1v) is 5.39. The van der Waals surface area contributed by atoms with Crippen molar-refractivity contribution >= 4 is 34.9 Å². The summed E-state index contributed by atoms with van der Waals surface area (Å²) in [5, 5.41) is 9.07. The molecule has 94 valence electrons. The second-order valence-electron chi connectivity index (χ2n) is 3.15. The Morgan fingerprint density at radius 1 is 1.53 bits per heavy atom. The number of hydrogen-bond donors (Lipinski definition) is 2. The molecule has 0 aliphatic rings. The van der Waals surface area contributed by atoms with Gasteiger partial charge in [0, 0.05) is 0 Å². The van der Waals surface area contributed by atoms with Gasteiger partial charge in [-0.3, -0.25) is 0 Å². The molecule has 0 aliphatic heterocycles. The Labute approximate surface area is 108 Å². The maximum Gasteiger partial charge on any atom is 0.339 e. The molecule has 1 atom stereocenters. The summed E-state index contributed by atoms with van der Waals surface area (Å²) in [6.07, 6.45) is 0. The van der Waals surface area contributed by atoms with Gasteiger partial charge < -0.3 is 20.3 Å². The van der Waals surface area contributed by atoms with E-state index in [0.717, 1.165) is 0 Å². The van der Waals surface area contributed by atoms with Crippen LogP contribution in [-0.2, 0) is 0 Å². The highest BCUT2D eigenvalue weighted by molar-refractivity contribution is 6.34. The summed E-state index contributed by atoms with van der Waals surface area (Å²) < 4.78 is 10.2. The van der Waals surface area contributed by atoms with E-state index in [1.807, 2.05) is 0 Å². The van der Waals surface area contributed by atoms with Crippen molar-refractivity contribution in [2.45, 2.75) is 12.5 Å². The number of methoxy groups -OCH3 is 1. The third-order valence-corrected chi connectivity index (χ3v) is 2.34. The van der Waals surface area contributed by atoms with E-state index in [4.69, 9.17) is 43.5 Å². The third kappa shape index (κ3) is 2.87. The molecule has 0 fully saturated rings. The van der Waals surface area contributed by atoms with E-state index < -0.39 is 11.5 Å². The zero-order valence-electron chi connectivity index (χ0n) is 9.16. The van der Waals surface area contributed by atoms with E-state index in [1.54, 1.807) is 6.92 Å². The Hall–Kier alpha value is -1.33. The Morgan fingerprint density at radius 2 is 2.12 bits per heavy atom. The fourth-order valence-electron chi connectivity index (χ4n) is 1.26. The molecule has 3 N–H and O–H groups in total. The molecule has 7 heteroatoms. The van der Waals surface area contributed by atoms with Crippen LogP contribution in [0.5, 0.6) is 11.5 Å². The lowest BCUT2D eigenvalue weighted by atomic mass is 10.1. The van der Waals surface area contributed by atoms with Gasteiger partial charge >= 0.3 is 5.97 Å². The van der Waals surface area contributed by atoms with E-state index >= 15 is 0 Å². The molecule has 1 aromatic carbocycles. The first kappa shape index (κ1) is 13.7. The molecule has 17 heavy (non-hydrogen) atoms. The summed E-state index contributed by atoms with van der Waals surface area (Å²) in [5.74, 6) is -1.18. The summed E-state index contributed by atoms with van der Waals surface area (Å²) in [5.41, 5.74) is 4.93. The molecule has 0 heterocycles. The SMILES string of the molecule is COc1c(C(=O)O)cc(Cl)c(N)c1OC(C)Cl. The van der Waals surface area contributed by atoms with Crippen molar-refractivity contribution in [1.82, 2.24) is 0 Å². The largest absolute Gasteiger partial charge is 0.492 e. The standard InChI is InChI=1S/C10H11Cl2NO4/c1-4(11)17-9-7(13)6(12)3-5(10(14)15)8(9)16-2/h3-4H,13H2,1-2H3,(H,14,15). The van der Waals surface area contributed by atoms with Crippen molar-refractivity contribution in [2.75, 3.05) is 12.8 Å². The predicted octanol–water partition coefficient (Wildman–Crippen LogP) is 2.59. The second-order valence-corrected chi connectivity index (χ2v) is 4.17. The highest BCUT2D eigenvalue weighted by atomic mass is 35.5. The molecule has 0 spiro atoms. The zero-order valence-corrected chi connectivity index (χ0v) is 10.7. The minimum Gasteiger partial charge on any atom is -0.492 e. The molecule has 0 aromatic heterocycles. The number of carbonyl (C=O) groups is 1. The van der Waals surface area contributed by atoms with Gasteiger partial charge in [-0.25, -0.2) is 4.79 Å². The number of rotatable bonds is 4. The minimum atomic E-state index is -1.20. The molecule has 0 radical (unpaired) electrons. The molecule has 0 amide bonds. The number of hydrogen-bond acceptors (Lipinski definition) is 4. The quantitative estimate of drug-likeness (QED) is 0.654. The van der Waals surface area contributed by atoms with E-state index in [0.29, 0.717) is 0 Å². The van der Waals surface area contributed by atoms with E-state index in [2.05, 4.69) is 0 Å². The molecule has 0 saturated carbocycles. The van der Waals surface area contributed by atoms with Crippen molar-refractivity contribution in [3.63, 3.8) is 0 Å². The number of carboxylic acid groups (broad SMARTS) is 1. The number of anilines is 1. The number of aromatic carboxylic acids is 1. The first-order valence-electron chi connectivity index (χ1n) is 4.58. The Bertz CT molecular complexity index is 448. The lowest BCUT2D eigenvalue weighted by Crippen LogP contribution is -2.10. The maximum atomic E-state index is 11.0. The van der Waals surface area contributed by atoms with Gasteiger partial charge in [0.15, 0.2) is 17.1 Å². The van der Waals surface area contributed by atoms with Crippen LogP contribution in [0.15, 0.2) is 6.07 Å². The van der Waals surface area contributed by atoms with Crippen molar-refractivity contribution in [1.29, 1.82) is 0 Å². The third-order valence-electron chi connectivity index (χ3n) is 1.94. The zero-order chi connectivity index (χ0) is 13.2. The van der Waals surface area contributed by atoms with E-state index in [9.17, 15) is 4.79 Å². The minimum absolute atomic E-state index is 0.00750. The number of benzene rings is 1. The van der Waals surface area contributed by atoms with Crippen LogP contribution >= 0.6 is 23.2 Å². The van der Waals surface area contributed by atoms with E-state index in [1.165, 1.54) is 13.2 Å². The van der Waals surface area contributed by atoms with Gasteiger partial charge in [-0.05, 0) is 13.0 Å². The molecule has 1 unspecified atom stereocenters. The maximum absolute atomic E-state index is 11.0. The number of carboxylic acids is 1. The molecule has 0 aliphatic carbocycles. The molecule has 1 aromatic rings. The molecule has 0 bridgehead atoms. The summed E-state index contributed by atoms with van der Waals surface area (Å²) in [7, 11) is 1.31. The van der Waals surface area contributed by atoms with Crippen molar-refractivity contribution in [3.05, 3.63) is 16.7 Å². The second kappa shape index (κ2) is 5.33. The van der Waals surface area contributed by atoms with Crippen LogP contribution in [0.3, 0.4) is 0 Å². The monoisotopic (exact) mass is 279 g/mol. The van der Waals surface area contributed by atoms with Gasteiger partial charge in [0.2, 0.25) is 0 Å². The van der Waals surface area contributed by atoms with Crippen LogP contribution in [0.2, 0.25) is 5.02 Å². The summed E-state index contributed by atoms with van der Waals surface area (Å²) in [4.78, 5) is 11.0. The molecule has 5 nitrogen and oxygen atoms in total. The van der Waals surface area contributed by atoms with Crippen LogP contribution in [0.25, 0.3) is 0 Å². The lowest BCUT2D eigenvalue weighted by molar-refractivity contribution is 0.0692. The topological polar surface area (TPSA) is 81.8 Å². The fraction of sp³-hybridized carbons (Fsp3) is 0.300. The van der Waals surface area contributed by atoms with Gasteiger partial charge in [-0.2, -0.15) is 0 Å². The number of nitrogen functional groups attached to an aromatic ring is 1. The normalized spacial score (nSPS) is 12.0. The lowest BCUT2D eigenvalue weighted by Gasteiger charge is -2.17. The first-order chi connectivity index (χ1) is 7.88. The van der Waals surface area contributed by atoms with Gasteiger partial charge in [-0.15, -0.1) is 0 Å². The van der Waals surface area contributed by atoms with Gasteiger partial charge in [0.05, 0.1) is 17.8 Å². The van der Waals surface area contributed by atoms with Gasteiger partial charge in [-0.1, -0.05) is 23.2 Å². The Kier molecular flexibility index (Phi) is 4.31. The molecular weight excluding hydrogens is 269 g/mol. The highest BCUT2D eigenvalue weighted by Crippen LogP contribution is 2.42. The predicted molar refractivity (Wildman–Crippen MR) is 65.3 cm³/mol. The fourth-order valence-corrected chi connectivity index (χ4v) is 1.55.